The Hall–Kier alpha value is -1.53. The van der Waals surface area contributed by atoms with Crippen molar-refractivity contribution < 1.29 is 9.90 Å². The van der Waals surface area contributed by atoms with Crippen LogP contribution in [0.25, 0.3) is 0 Å². The van der Waals surface area contributed by atoms with Gasteiger partial charge in [0.1, 0.15) is 5.84 Å². The number of thioether (sulfide) groups is 1. The van der Waals surface area contributed by atoms with Gasteiger partial charge >= 0.3 is 0 Å². The number of aliphatic hydroxyl groups is 1. The van der Waals surface area contributed by atoms with Gasteiger partial charge in [-0.1, -0.05) is 12.1 Å². The lowest BCUT2D eigenvalue weighted by molar-refractivity contribution is -0.134. The van der Waals surface area contributed by atoms with Gasteiger partial charge in [-0.15, -0.1) is 11.8 Å². The Balaban J connectivity index is 1.89. The smallest absolute Gasteiger partial charge is 0.242 e. The number of hydrogen-bond donors (Lipinski definition) is 2. The maximum Gasteiger partial charge on any atom is 0.242 e. The topological polar surface area (TPSA) is 64.9 Å². The van der Waals surface area contributed by atoms with Crippen molar-refractivity contribution in [2.75, 3.05) is 13.2 Å². The molecule has 2 heterocycles. The molecule has 0 bridgehead atoms. The predicted octanol–water partition coefficient (Wildman–Crippen LogP) is 0.920. The van der Waals surface area contributed by atoms with Gasteiger partial charge in [0.15, 0.2) is 0 Å². The molecule has 0 aliphatic carbocycles. The lowest BCUT2D eigenvalue weighted by atomic mass is 10.2. The first-order valence-electron chi connectivity index (χ1n) is 5.80. The van der Waals surface area contributed by atoms with Crippen LogP contribution in [-0.2, 0) is 4.79 Å². The van der Waals surface area contributed by atoms with E-state index in [2.05, 4.69) is 10.4 Å². The minimum atomic E-state index is -0.0551. The van der Waals surface area contributed by atoms with Crippen molar-refractivity contribution in [3.63, 3.8) is 0 Å². The first kappa shape index (κ1) is 11.6. The standard InChI is InChI=1S/C12H13N3O2S/c16-6-5-15-11(17)7-10-12(14-15)13-8-3-1-2-4-9(8)18-10/h1-4,10,16H,5-7H2,(H,13,14). The molecule has 1 fully saturated rings. The van der Waals surface area contributed by atoms with Gasteiger partial charge in [0.25, 0.3) is 0 Å². The minimum absolute atomic E-state index is 0.000110. The SMILES string of the molecule is O=C1CC2Sc3ccccc3N=C2NN1CCO. The Morgan fingerprint density at radius 1 is 1.50 bits per heavy atom. The molecule has 2 aliphatic heterocycles. The van der Waals surface area contributed by atoms with E-state index in [0.29, 0.717) is 6.42 Å². The molecule has 1 amide bonds. The van der Waals surface area contributed by atoms with Crippen LogP contribution < -0.4 is 5.43 Å². The van der Waals surface area contributed by atoms with Crippen LogP contribution in [0.3, 0.4) is 0 Å². The summed E-state index contributed by atoms with van der Waals surface area (Å²) in [5, 5.41) is 10.4. The van der Waals surface area contributed by atoms with E-state index in [1.165, 1.54) is 5.01 Å². The Labute approximate surface area is 109 Å². The Morgan fingerprint density at radius 2 is 2.33 bits per heavy atom. The van der Waals surface area contributed by atoms with Gasteiger partial charge in [0, 0.05) is 11.3 Å². The van der Waals surface area contributed by atoms with Crippen molar-refractivity contribution >= 4 is 29.2 Å². The van der Waals surface area contributed by atoms with Gasteiger partial charge in [-0.2, -0.15) is 0 Å². The Bertz CT molecular complexity index is 518. The summed E-state index contributed by atoms with van der Waals surface area (Å²) < 4.78 is 0. The first-order chi connectivity index (χ1) is 8.78. The van der Waals surface area contributed by atoms with Gasteiger partial charge in [0.05, 0.1) is 24.1 Å². The number of β-amino-alcohol motifs (C(OH)–C–C–N with tert-alkyl or cyclic N) is 1. The maximum absolute atomic E-state index is 11.8. The zero-order chi connectivity index (χ0) is 12.5. The Kier molecular flexibility index (Phi) is 2.97. The maximum atomic E-state index is 11.8. The van der Waals surface area contributed by atoms with Crippen molar-refractivity contribution in [1.82, 2.24) is 10.4 Å². The lowest BCUT2D eigenvalue weighted by Gasteiger charge is -2.35. The largest absolute Gasteiger partial charge is 0.394 e. The molecule has 3 rings (SSSR count). The van der Waals surface area contributed by atoms with Gasteiger partial charge in [-0.25, -0.2) is 4.99 Å². The predicted molar refractivity (Wildman–Crippen MR) is 69.7 cm³/mol. The van der Waals surface area contributed by atoms with E-state index >= 15 is 0 Å². The summed E-state index contributed by atoms with van der Waals surface area (Å²) in [5.74, 6) is 0.798. The number of rotatable bonds is 2. The fraction of sp³-hybridized carbons (Fsp3) is 0.333. The second kappa shape index (κ2) is 4.62. The van der Waals surface area contributed by atoms with Crippen molar-refractivity contribution in [3.8, 4) is 0 Å². The number of para-hydroxylation sites is 1. The van der Waals surface area contributed by atoms with Crippen molar-refractivity contribution in [1.29, 1.82) is 0 Å². The van der Waals surface area contributed by atoms with Crippen LogP contribution in [0.1, 0.15) is 6.42 Å². The molecule has 94 valence electrons. The second-order valence-corrected chi connectivity index (χ2v) is 5.40. The number of hydrogen-bond acceptors (Lipinski definition) is 5. The highest BCUT2D eigenvalue weighted by molar-refractivity contribution is 8.01. The number of carbonyl (C=O) groups is 1. The van der Waals surface area contributed by atoms with Crippen LogP contribution in [0.5, 0.6) is 0 Å². The summed E-state index contributed by atoms with van der Waals surface area (Å²) in [7, 11) is 0. The minimum Gasteiger partial charge on any atom is -0.394 e. The van der Waals surface area contributed by atoms with Crippen molar-refractivity contribution in [3.05, 3.63) is 24.3 Å². The van der Waals surface area contributed by atoms with E-state index in [1.807, 2.05) is 24.3 Å². The fourth-order valence-electron chi connectivity index (χ4n) is 2.05. The summed E-state index contributed by atoms with van der Waals surface area (Å²) in [6, 6.07) is 7.90. The number of amidine groups is 1. The molecule has 0 radical (unpaired) electrons. The number of fused-ring (bicyclic) bond motifs is 2. The lowest BCUT2D eigenvalue weighted by Crippen LogP contribution is -2.56. The number of nitrogens with one attached hydrogen (secondary N) is 1. The van der Waals surface area contributed by atoms with Gasteiger partial charge in [-0.05, 0) is 12.1 Å². The molecular formula is C12H13N3O2S. The molecule has 2 aliphatic rings. The molecule has 18 heavy (non-hydrogen) atoms. The van der Waals surface area contributed by atoms with E-state index in [0.717, 1.165) is 16.4 Å². The van der Waals surface area contributed by atoms with Crippen molar-refractivity contribution in [2.24, 2.45) is 4.99 Å². The van der Waals surface area contributed by atoms with E-state index in [-0.39, 0.29) is 24.3 Å². The van der Waals surface area contributed by atoms with Crippen LogP contribution >= 0.6 is 11.8 Å². The second-order valence-electron chi connectivity index (χ2n) is 4.16. The summed E-state index contributed by atoms with van der Waals surface area (Å²) in [6.45, 7) is 0.233. The van der Waals surface area contributed by atoms with Crippen LogP contribution in [-0.4, -0.2) is 40.3 Å². The molecule has 0 spiro atoms. The quantitative estimate of drug-likeness (QED) is 0.833. The average Bonchev–Trinajstić information content (AvgIpc) is 2.38. The number of aliphatic hydroxyl groups excluding tert-OH is 1. The number of amides is 1. The Morgan fingerprint density at radius 3 is 3.17 bits per heavy atom. The van der Waals surface area contributed by atoms with E-state index in [9.17, 15) is 4.79 Å². The molecule has 5 nitrogen and oxygen atoms in total. The number of carbonyl (C=O) groups excluding carboxylic acids is 1. The monoisotopic (exact) mass is 263 g/mol. The van der Waals surface area contributed by atoms with Crippen molar-refractivity contribution in [2.45, 2.75) is 16.6 Å². The normalized spacial score (nSPS) is 21.8. The molecule has 1 saturated heterocycles. The summed E-state index contributed by atoms with van der Waals surface area (Å²) in [6.07, 6.45) is 0.421. The molecule has 0 saturated carbocycles. The van der Waals surface area contributed by atoms with Gasteiger partial charge in [0.2, 0.25) is 5.91 Å². The van der Waals surface area contributed by atoms with Crippen LogP contribution in [0, 0.1) is 0 Å². The number of hydrazine groups is 1. The summed E-state index contributed by atoms with van der Waals surface area (Å²) >= 11 is 1.66. The third kappa shape index (κ3) is 1.97. The fourth-order valence-corrected chi connectivity index (χ4v) is 3.19. The van der Waals surface area contributed by atoms with Gasteiger partial charge in [-0.3, -0.25) is 15.2 Å². The summed E-state index contributed by atoms with van der Waals surface area (Å²) in [4.78, 5) is 17.5. The molecule has 1 atom stereocenters. The third-order valence-corrected chi connectivity index (χ3v) is 4.19. The number of nitrogens with zero attached hydrogens (tertiary/aromatic N) is 2. The van der Waals surface area contributed by atoms with E-state index in [1.54, 1.807) is 11.8 Å². The van der Waals surface area contributed by atoms with Crippen LogP contribution in [0.15, 0.2) is 34.2 Å². The molecule has 6 heteroatoms. The molecule has 2 N–H and O–H groups in total. The molecule has 1 unspecified atom stereocenters. The molecule has 1 aromatic rings. The molecular weight excluding hydrogens is 250 g/mol. The highest BCUT2D eigenvalue weighted by Crippen LogP contribution is 2.39. The zero-order valence-electron chi connectivity index (χ0n) is 9.67. The zero-order valence-corrected chi connectivity index (χ0v) is 10.5. The highest BCUT2D eigenvalue weighted by Gasteiger charge is 2.33. The van der Waals surface area contributed by atoms with Crippen LogP contribution in [0.2, 0.25) is 0 Å². The molecule has 1 aromatic carbocycles. The highest BCUT2D eigenvalue weighted by atomic mass is 32.2. The van der Waals surface area contributed by atoms with E-state index in [4.69, 9.17) is 5.11 Å². The third-order valence-electron chi connectivity index (χ3n) is 2.91. The average molecular weight is 263 g/mol. The van der Waals surface area contributed by atoms with Crippen LogP contribution in [0.4, 0.5) is 5.69 Å². The van der Waals surface area contributed by atoms with Gasteiger partial charge < -0.3 is 5.11 Å². The number of aliphatic imine (C=N–C) groups is 1. The first-order valence-corrected chi connectivity index (χ1v) is 6.68. The van der Waals surface area contributed by atoms with E-state index < -0.39 is 0 Å². The molecule has 0 aromatic heterocycles. The number of benzene rings is 1. The summed E-state index contributed by atoms with van der Waals surface area (Å²) in [5.41, 5.74) is 3.93.